The molecule has 0 aliphatic heterocycles. The minimum Gasteiger partial charge on any atom is -0.327 e. The Bertz CT molecular complexity index is 717. The normalized spacial score (nSPS) is 11.3. The fourth-order valence-electron chi connectivity index (χ4n) is 2.36. The predicted molar refractivity (Wildman–Crippen MR) is 88.0 cm³/mol. The largest absolute Gasteiger partial charge is 0.327 e. The average molecular weight is 350 g/mol. The first kappa shape index (κ1) is 13.8. The van der Waals surface area contributed by atoms with E-state index in [2.05, 4.69) is 63.1 Å². The summed E-state index contributed by atoms with van der Waals surface area (Å²) in [5.41, 5.74) is 2.29. The number of nitrogens with zero attached hydrogens (tertiary/aromatic N) is 2. The zero-order chi connectivity index (χ0) is 13.9. The molecule has 3 rings (SSSR count). The van der Waals surface area contributed by atoms with Gasteiger partial charge in [0.25, 0.3) is 0 Å². The molecule has 0 aliphatic carbocycles. The second kappa shape index (κ2) is 6.08. The second-order valence-electron chi connectivity index (χ2n) is 4.57. The third kappa shape index (κ3) is 2.80. The van der Waals surface area contributed by atoms with Gasteiger partial charge < -0.3 is 9.88 Å². The Balaban J connectivity index is 1.73. The summed E-state index contributed by atoms with van der Waals surface area (Å²) in [5, 5.41) is 3.47. The molecule has 2 heterocycles. The molecule has 1 aromatic carbocycles. The third-order valence-electron chi connectivity index (χ3n) is 3.26. The van der Waals surface area contributed by atoms with Crippen LogP contribution in [0.25, 0.3) is 11.0 Å². The molecule has 0 saturated heterocycles. The third-order valence-corrected chi connectivity index (χ3v) is 4.88. The van der Waals surface area contributed by atoms with Crippen LogP contribution in [0.3, 0.4) is 0 Å². The highest BCUT2D eigenvalue weighted by atomic mass is 79.9. The van der Waals surface area contributed by atoms with Gasteiger partial charge in [-0.05, 0) is 47.1 Å². The smallest absolute Gasteiger partial charge is 0.123 e. The van der Waals surface area contributed by atoms with Crippen LogP contribution in [-0.2, 0) is 19.6 Å². The van der Waals surface area contributed by atoms with Crippen molar-refractivity contribution in [3.05, 3.63) is 50.9 Å². The number of benzene rings is 1. The van der Waals surface area contributed by atoms with Crippen LogP contribution in [0.4, 0.5) is 0 Å². The van der Waals surface area contributed by atoms with Gasteiger partial charge in [-0.15, -0.1) is 11.3 Å². The van der Waals surface area contributed by atoms with E-state index in [9.17, 15) is 0 Å². The number of rotatable bonds is 5. The minimum absolute atomic E-state index is 0.790. The van der Waals surface area contributed by atoms with E-state index in [4.69, 9.17) is 4.98 Å². The van der Waals surface area contributed by atoms with E-state index >= 15 is 0 Å². The molecule has 104 valence electrons. The Morgan fingerprint density at radius 3 is 2.80 bits per heavy atom. The summed E-state index contributed by atoms with van der Waals surface area (Å²) >= 11 is 5.25. The van der Waals surface area contributed by atoms with Crippen molar-refractivity contribution in [2.24, 2.45) is 0 Å². The van der Waals surface area contributed by atoms with Crippen LogP contribution < -0.4 is 5.32 Å². The minimum atomic E-state index is 0.790. The maximum absolute atomic E-state index is 4.71. The topological polar surface area (TPSA) is 29.9 Å². The molecular weight excluding hydrogens is 334 g/mol. The summed E-state index contributed by atoms with van der Waals surface area (Å²) in [6, 6.07) is 12.5. The van der Waals surface area contributed by atoms with E-state index in [1.165, 1.54) is 14.2 Å². The van der Waals surface area contributed by atoms with E-state index in [0.717, 1.165) is 31.0 Å². The molecule has 0 aliphatic rings. The number of aromatic nitrogens is 2. The van der Waals surface area contributed by atoms with E-state index in [1.807, 2.05) is 6.07 Å². The number of imidazole rings is 1. The lowest BCUT2D eigenvalue weighted by Gasteiger charge is -2.06. The van der Waals surface area contributed by atoms with Crippen molar-refractivity contribution in [2.45, 2.75) is 26.6 Å². The van der Waals surface area contributed by atoms with Crippen LogP contribution in [-0.4, -0.2) is 9.55 Å². The van der Waals surface area contributed by atoms with E-state index in [-0.39, 0.29) is 0 Å². The van der Waals surface area contributed by atoms with Gasteiger partial charge in [0.1, 0.15) is 5.82 Å². The molecule has 5 heteroatoms. The zero-order valence-corrected chi connectivity index (χ0v) is 13.7. The SMILES string of the molecule is CCn1c(CNCc2ccc(Br)s2)nc2ccccc21. The lowest BCUT2D eigenvalue weighted by molar-refractivity contribution is 0.624. The number of fused-ring (bicyclic) bond motifs is 1. The molecule has 3 aromatic rings. The highest BCUT2D eigenvalue weighted by Crippen LogP contribution is 2.22. The number of hydrogen-bond acceptors (Lipinski definition) is 3. The lowest BCUT2D eigenvalue weighted by Crippen LogP contribution is -2.15. The molecule has 2 aromatic heterocycles. The molecule has 0 radical (unpaired) electrons. The molecule has 0 bridgehead atoms. The monoisotopic (exact) mass is 349 g/mol. The standard InChI is InChI=1S/C15H16BrN3S/c1-2-19-13-6-4-3-5-12(13)18-15(19)10-17-9-11-7-8-14(16)20-11/h3-8,17H,2,9-10H2,1H3. The molecule has 0 unspecified atom stereocenters. The fourth-order valence-corrected chi connectivity index (χ4v) is 3.81. The summed E-state index contributed by atoms with van der Waals surface area (Å²) in [7, 11) is 0. The van der Waals surface area contributed by atoms with Gasteiger partial charge in [-0.1, -0.05) is 12.1 Å². The van der Waals surface area contributed by atoms with Crippen molar-refractivity contribution in [3.63, 3.8) is 0 Å². The van der Waals surface area contributed by atoms with Crippen molar-refractivity contribution in [2.75, 3.05) is 0 Å². The van der Waals surface area contributed by atoms with Crippen molar-refractivity contribution in [1.29, 1.82) is 0 Å². The van der Waals surface area contributed by atoms with Crippen molar-refractivity contribution in [1.82, 2.24) is 14.9 Å². The molecule has 0 atom stereocenters. The average Bonchev–Trinajstić information content (AvgIpc) is 3.02. The van der Waals surface area contributed by atoms with Gasteiger partial charge in [-0.25, -0.2) is 4.98 Å². The Morgan fingerprint density at radius 1 is 1.20 bits per heavy atom. The Kier molecular flexibility index (Phi) is 4.19. The van der Waals surface area contributed by atoms with Crippen LogP contribution in [0.1, 0.15) is 17.6 Å². The van der Waals surface area contributed by atoms with Crippen LogP contribution in [0.2, 0.25) is 0 Å². The van der Waals surface area contributed by atoms with Gasteiger partial charge in [-0.3, -0.25) is 0 Å². The lowest BCUT2D eigenvalue weighted by atomic mass is 10.3. The van der Waals surface area contributed by atoms with Gasteiger partial charge in [0.05, 0.1) is 21.4 Å². The van der Waals surface area contributed by atoms with E-state index in [0.29, 0.717) is 0 Å². The molecule has 1 N–H and O–H groups in total. The summed E-state index contributed by atoms with van der Waals surface area (Å²) < 4.78 is 3.45. The highest BCUT2D eigenvalue weighted by Gasteiger charge is 2.08. The summed E-state index contributed by atoms with van der Waals surface area (Å²) in [4.78, 5) is 6.04. The first-order valence-corrected chi connectivity index (χ1v) is 8.28. The number of para-hydroxylation sites is 2. The summed E-state index contributed by atoms with van der Waals surface area (Å²) in [6.45, 7) is 4.78. The number of thiophene rings is 1. The van der Waals surface area contributed by atoms with Crippen molar-refractivity contribution in [3.8, 4) is 0 Å². The molecule has 0 spiro atoms. The van der Waals surface area contributed by atoms with Crippen LogP contribution in [0, 0.1) is 0 Å². The second-order valence-corrected chi connectivity index (χ2v) is 7.12. The number of nitrogens with one attached hydrogen (secondary N) is 1. The molecule has 0 fully saturated rings. The predicted octanol–water partition coefficient (Wildman–Crippen LogP) is 4.17. The Morgan fingerprint density at radius 2 is 2.05 bits per heavy atom. The van der Waals surface area contributed by atoms with Crippen LogP contribution >= 0.6 is 27.3 Å². The fraction of sp³-hybridized carbons (Fsp3) is 0.267. The van der Waals surface area contributed by atoms with Gasteiger partial charge in [0.2, 0.25) is 0 Å². The molecule has 0 amide bonds. The molecule has 3 nitrogen and oxygen atoms in total. The molecule has 20 heavy (non-hydrogen) atoms. The van der Waals surface area contributed by atoms with Crippen molar-refractivity contribution >= 4 is 38.3 Å². The zero-order valence-electron chi connectivity index (χ0n) is 11.3. The van der Waals surface area contributed by atoms with Gasteiger partial charge in [0, 0.05) is 18.0 Å². The Labute approximate surface area is 130 Å². The highest BCUT2D eigenvalue weighted by molar-refractivity contribution is 9.11. The Hall–Kier alpha value is -1.17. The van der Waals surface area contributed by atoms with Gasteiger partial charge in [-0.2, -0.15) is 0 Å². The number of hydrogen-bond donors (Lipinski definition) is 1. The van der Waals surface area contributed by atoms with Gasteiger partial charge >= 0.3 is 0 Å². The molecule has 0 saturated carbocycles. The molecular formula is C15H16BrN3S. The first-order chi connectivity index (χ1) is 9.78. The summed E-state index contributed by atoms with van der Waals surface area (Å²) in [6.07, 6.45) is 0. The maximum Gasteiger partial charge on any atom is 0.123 e. The van der Waals surface area contributed by atoms with Crippen molar-refractivity contribution < 1.29 is 0 Å². The van der Waals surface area contributed by atoms with Gasteiger partial charge in [0.15, 0.2) is 0 Å². The van der Waals surface area contributed by atoms with E-state index < -0.39 is 0 Å². The first-order valence-electron chi connectivity index (χ1n) is 6.67. The van der Waals surface area contributed by atoms with Crippen LogP contribution in [0.15, 0.2) is 40.2 Å². The number of halogens is 1. The maximum atomic E-state index is 4.71. The number of aryl methyl sites for hydroxylation is 1. The van der Waals surface area contributed by atoms with E-state index in [1.54, 1.807) is 11.3 Å². The summed E-state index contributed by atoms with van der Waals surface area (Å²) in [5.74, 6) is 1.10. The van der Waals surface area contributed by atoms with Crippen LogP contribution in [0.5, 0.6) is 0 Å². The quantitative estimate of drug-likeness (QED) is 0.749.